The van der Waals surface area contributed by atoms with Crippen LogP contribution in [0, 0.1) is 0 Å². The standard InChI is InChI=1S/C18H23N5O.HI/c1-2-19-18(21-13-15-7-5-12-24-15)20-10-6-11-23-14-22-16-8-3-4-9-17(16)23;/h3-5,7-9,12,14H,2,6,10-11,13H2,1H3,(H2,19,20,21);1H. The SMILES string of the molecule is CCNC(=NCc1ccco1)NCCCn1cnc2ccccc21.I. The van der Waals surface area contributed by atoms with E-state index >= 15 is 0 Å². The summed E-state index contributed by atoms with van der Waals surface area (Å²) in [6, 6.07) is 12.0. The number of para-hydroxylation sites is 2. The van der Waals surface area contributed by atoms with Crippen LogP contribution in [0.5, 0.6) is 0 Å². The maximum atomic E-state index is 5.30. The summed E-state index contributed by atoms with van der Waals surface area (Å²) in [7, 11) is 0. The van der Waals surface area contributed by atoms with Crippen LogP contribution in [0.2, 0.25) is 0 Å². The van der Waals surface area contributed by atoms with Gasteiger partial charge in [0, 0.05) is 19.6 Å². The van der Waals surface area contributed by atoms with Gasteiger partial charge in [-0.25, -0.2) is 9.98 Å². The highest BCUT2D eigenvalue weighted by Crippen LogP contribution is 2.11. The van der Waals surface area contributed by atoms with Crippen LogP contribution >= 0.6 is 24.0 Å². The van der Waals surface area contributed by atoms with Crippen LogP contribution in [0.3, 0.4) is 0 Å². The molecule has 2 heterocycles. The van der Waals surface area contributed by atoms with Crippen molar-refractivity contribution in [1.29, 1.82) is 0 Å². The third kappa shape index (κ3) is 5.48. The molecule has 0 aliphatic carbocycles. The van der Waals surface area contributed by atoms with Crippen molar-refractivity contribution in [2.24, 2.45) is 4.99 Å². The topological polar surface area (TPSA) is 67.4 Å². The highest BCUT2D eigenvalue weighted by Gasteiger charge is 2.02. The molecular weight excluding hydrogens is 429 g/mol. The number of imidazole rings is 1. The Labute approximate surface area is 164 Å². The van der Waals surface area contributed by atoms with Gasteiger partial charge in [-0.15, -0.1) is 24.0 Å². The summed E-state index contributed by atoms with van der Waals surface area (Å²) >= 11 is 0. The lowest BCUT2D eigenvalue weighted by Gasteiger charge is -2.11. The van der Waals surface area contributed by atoms with Crippen LogP contribution in [-0.2, 0) is 13.1 Å². The molecule has 25 heavy (non-hydrogen) atoms. The van der Waals surface area contributed by atoms with Crippen molar-refractivity contribution < 1.29 is 4.42 Å². The Morgan fingerprint density at radius 1 is 1.20 bits per heavy atom. The highest BCUT2D eigenvalue weighted by molar-refractivity contribution is 14.0. The summed E-state index contributed by atoms with van der Waals surface area (Å²) in [5.41, 5.74) is 2.22. The Kier molecular flexibility index (Phi) is 7.77. The van der Waals surface area contributed by atoms with Crippen molar-refractivity contribution in [3.8, 4) is 0 Å². The van der Waals surface area contributed by atoms with E-state index in [-0.39, 0.29) is 24.0 Å². The van der Waals surface area contributed by atoms with Crippen LogP contribution in [0.15, 0.2) is 58.4 Å². The molecule has 2 N–H and O–H groups in total. The van der Waals surface area contributed by atoms with Crippen molar-refractivity contribution in [1.82, 2.24) is 20.2 Å². The van der Waals surface area contributed by atoms with E-state index in [1.54, 1.807) is 6.26 Å². The largest absolute Gasteiger partial charge is 0.467 e. The summed E-state index contributed by atoms with van der Waals surface area (Å²) in [4.78, 5) is 8.94. The van der Waals surface area contributed by atoms with E-state index in [4.69, 9.17) is 4.42 Å². The Bertz CT molecular complexity index is 782. The average Bonchev–Trinajstić information content (AvgIpc) is 3.26. The first kappa shape index (κ1) is 19.3. The third-order valence-electron chi connectivity index (χ3n) is 3.71. The Balaban J connectivity index is 0.00000225. The van der Waals surface area contributed by atoms with Crippen LogP contribution in [0.25, 0.3) is 11.0 Å². The number of aryl methyl sites for hydroxylation is 1. The fourth-order valence-electron chi connectivity index (χ4n) is 2.55. The van der Waals surface area contributed by atoms with E-state index < -0.39 is 0 Å². The van der Waals surface area contributed by atoms with Crippen LogP contribution in [0.4, 0.5) is 0 Å². The van der Waals surface area contributed by atoms with Gasteiger partial charge in [0.05, 0.1) is 23.6 Å². The Morgan fingerprint density at radius 2 is 2.08 bits per heavy atom. The number of nitrogens with zero attached hydrogens (tertiary/aromatic N) is 3. The van der Waals surface area contributed by atoms with Gasteiger partial charge in [0.25, 0.3) is 0 Å². The number of halogens is 1. The molecule has 1 aromatic carbocycles. The van der Waals surface area contributed by atoms with Gasteiger partial charge in [-0.1, -0.05) is 12.1 Å². The van der Waals surface area contributed by atoms with Crippen molar-refractivity contribution >= 4 is 41.0 Å². The van der Waals surface area contributed by atoms with Gasteiger partial charge in [-0.2, -0.15) is 0 Å². The molecule has 0 saturated heterocycles. The molecule has 0 bridgehead atoms. The second kappa shape index (κ2) is 10.1. The predicted octanol–water partition coefficient (Wildman–Crippen LogP) is 3.39. The van der Waals surface area contributed by atoms with E-state index in [0.717, 1.165) is 43.3 Å². The number of rotatable bonds is 7. The zero-order valence-electron chi connectivity index (χ0n) is 14.3. The molecule has 6 nitrogen and oxygen atoms in total. The van der Waals surface area contributed by atoms with E-state index in [2.05, 4.69) is 38.2 Å². The average molecular weight is 453 g/mol. The van der Waals surface area contributed by atoms with Gasteiger partial charge < -0.3 is 19.6 Å². The van der Waals surface area contributed by atoms with Crippen molar-refractivity contribution in [2.75, 3.05) is 13.1 Å². The quantitative estimate of drug-likeness (QED) is 0.249. The summed E-state index contributed by atoms with van der Waals surface area (Å²) in [5, 5.41) is 6.60. The third-order valence-corrected chi connectivity index (χ3v) is 3.71. The van der Waals surface area contributed by atoms with Gasteiger partial charge in [-0.05, 0) is 37.6 Å². The van der Waals surface area contributed by atoms with Crippen LogP contribution < -0.4 is 10.6 Å². The number of aliphatic imine (C=N–C) groups is 1. The Hall–Kier alpha value is -2.03. The highest BCUT2D eigenvalue weighted by atomic mass is 127. The summed E-state index contributed by atoms with van der Waals surface area (Å²) in [5.74, 6) is 1.67. The van der Waals surface area contributed by atoms with Gasteiger partial charge >= 0.3 is 0 Å². The lowest BCUT2D eigenvalue weighted by atomic mass is 10.3. The molecule has 3 rings (SSSR count). The molecule has 0 atom stereocenters. The molecule has 0 saturated carbocycles. The number of furan rings is 1. The molecule has 3 aromatic rings. The lowest BCUT2D eigenvalue weighted by molar-refractivity contribution is 0.511. The van der Waals surface area contributed by atoms with Gasteiger partial charge in [0.2, 0.25) is 0 Å². The minimum absolute atomic E-state index is 0. The summed E-state index contributed by atoms with van der Waals surface area (Å²) < 4.78 is 7.49. The van der Waals surface area contributed by atoms with Gasteiger partial charge in [0.1, 0.15) is 12.3 Å². The first-order valence-electron chi connectivity index (χ1n) is 8.31. The first-order chi connectivity index (χ1) is 11.9. The monoisotopic (exact) mass is 453 g/mol. The molecule has 0 unspecified atom stereocenters. The number of hydrogen-bond donors (Lipinski definition) is 2. The fourth-order valence-corrected chi connectivity index (χ4v) is 2.55. The first-order valence-corrected chi connectivity index (χ1v) is 8.31. The maximum absolute atomic E-state index is 5.30. The van der Waals surface area contributed by atoms with Gasteiger partial charge in [0.15, 0.2) is 5.96 Å². The maximum Gasteiger partial charge on any atom is 0.191 e. The molecule has 0 fully saturated rings. The molecule has 0 aliphatic rings. The molecule has 0 radical (unpaired) electrons. The predicted molar refractivity (Wildman–Crippen MR) is 111 cm³/mol. The van der Waals surface area contributed by atoms with Gasteiger partial charge in [-0.3, -0.25) is 0 Å². The van der Waals surface area contributed by atoms with Crippen molar-refractivity contribution in [3.05, 3.63) is 54.7 Å². The Morgan fingerprint density at radius 3 is 2.88 bits per heavy atom. The summed E-state index contributed by atoms with van der Waals surface area (Å²) in [6.45, 7) is 5.19. The van der Waals surface area contributed by atoms with Crippen LogP contribution in [0.1, 0.15) is 19.1 Å². The molecule has 0 amide bonds. The zero-order valence-corrected chi connectivity index (χ0v) is 16.6. The zero-order chi connectivity index (χ0) is 16.6. The number of guanidine groups is 1. The minimum Gasteiger partial charge on any atom is -0.467 e. The normalized spacial score (nSPS) is 11.3. The van der Waals surface area contributed by atoms with Crippen molar-refractivity contribution in [2.45, 2.75) is 26.4 Å². The molecular formula is C18H24IN5O. The molecule has 134 valence electrons. The second-order valence-corrected chi connectivity index (χ2v) is 5.48. The van der Waals surface area contributed by atoms with Crippen LogP contribution in [-0.4, -0.2) is 28.6 Å². The van der Waals surface area contributed by atoms with Crippen molar-refractivity contribution in [3.63, 3.8) is 0 Å². The molecule has 2 aromatic heterocycles. The van der Waals surface area contributed by atoms with E-state index in [9.17, 15) is 0 Å². The molecule has 7 heteroatoms. The summed E-state index contributed by atoms with van der Waals surface area (Å²) in [6.07, 6.45) is 4.56. The number of aromatic nitrogens is 2. The minimum atomic E-state index is 0. The number of fused-ring (bicyclic) bond motifs is 1. The fraction of sp³-hybridized carbons (Fsp3) is 0.333. The number of nitrogens with one attached hydrogen (secondary N) is 2. The second-order valence-electron chi connectivity index (χ2n) is 5.48. The van der Waals surface area contributed by atoms with E-state index in [1.807, 2.05) is 36.7 Å². The molecule has 0 spiro atoms. The number of benzene rings is 1. The van der Waals surface area contributed by atoms with E-state index in [1.165, 1.54) is 5.52 Å². The van der Waals surface area contributed by atoms with E-state index in [0.29, 0.717) is 6.54 Å². The smallest absolute Gasteiger partial charge is 0.191 e. The lowest BCUT2D eigenvalue weighted by Crippen LogP contribution is -2.38. The number of hydrogen-bond acceptors (Lipinski definition) is 3. The molecule has 0 aliphatic heterocycles.